The summed E-state index contributed by atoms with van der Waals surface area (Å²) in [6.45, 7) is 7.63. The monoisotopic (exact) mass is 426 g/mol. The standard InChI is InChI=1S/C26H38N2O3/c1-19-18-28(3)20(2)16-26(19,22-8-10-23(29-4)11-9-22)13-14-27-17-21-7-12-24(30-5)25(15-21)31-6/h7-12,15,19-20,27H,13-14,16-18H2,1-6H3/t19-,20-,26+/m0/s1. The minimum absolute atomic E-state index is 0.156. The zero-order valence-electron chi connectivity index (χ0n) is 19.9. The molecule has 3 rings (SSSR count). The van der Waals surface area contributed by atoms with Crippen molar-refractivity contribution in [2.24, 2.45) is 5.92 Å². The van der Waals surface area contributed by atoms with Gasteiger partial charge in [-0.25, -0.2) is 0 Å². The molecule has 0 saturated carbocycles. The topological polar surface area (TPSA) is 43.0 Å². The predicted octanol–water partition coefficient (Wildman–Crippen LogP) is 4.49. The molecule has 0 radical (unpaired) electrons. The molecule has 5 nitrogen and oxygen atoms in total. The number of ether oxygens (including phenoxy) is 3. The van der Waals surface area contributed by atoms with Crippen molar-refractivity contribution in [2.45, 2.75) is 44.7 Å². The van der Waals surface area contributed by atoms with Gasteiger partial charge in [0.15, 0.2) is 11.5 Å². The van der Waals surface area contributed by atoms with Crippen molar-refractivity contribution < 1.29 is 14.2 Å². The maximum absolute atomic E-state index is 5.44. The first-order valence-electron chi connectivity index (χ1n) is 11.2. The minimum Gasteiger partial charge on any atom is -0.497 e. The molecule has 0 unspecified atom stereocenters. The number of methoxy groups -OCH3 is 3. The first-order valence-corrected chi connectivity index (χ1v) is 11.2. The summed E-state index contributed by atoms with van der Waals surface area (Å²) in [5.41, 5.74) is 2.78. The van der Waals surface area contributed by atoms with E-state index in [1.165, 1.54) is 11.1 Å². The van der Waals surface area contributed by atoms with Crippen LogP contribution in [-0.2, 0) is 12.0 Å². The molecule has 1 aliphatic heterocycles. The van der Waals surface area contributed by atoms with Crippen LogP contribution < -0.4 is 19.5 Å². The lowest BCUT2D eigenvalue weighted by atomic mass is 9.63. The van der Waals surface area contributed by atoms with E-state index in [1.807, 2.05) is 12.1 Å². The molecule has 2 aromatic carbocycles. The van der Waals surface area contributed by atoms with Crippen LogP contribution in [0, 0.1) is 5.92 Å². The molecule has 2 aromatic rings. The Morgan fingerprint density at radius 2 is 1.68 bits per heavy atom. The van der Waals surface area contributed by atoms with Crippen LogP contribution in [0.2, 0.25) is 0 Å². The van der Waals surface area contributed by atoms with Gasteiger partial charge in [-0.2, -0.15) is 0 Å². The van der Waals surface area contributed by atoms with E-state index in [0.717, 1.165) is 49.7 Å². The quantitative estimate of drug-likeness (QED) is 0.599. The zero-order chi connectivity index (χ0) is 22.4. The van der Waals surface area contributed by atoms with E-state index in [9.17, 15) is 0 Å². The number of rotatable bonds is 9. The average Bonchev–Trinajstić information content (AvgIpc) is 2.79. The molecule has 1 N–H and O–H groups in total. The highest BCUT2D eigenvalue weighted by Crippen LogP contribution is 2.44. The van der Waals surface area contributed by atoms with Crippen LogP contribution in [0.4, 0.5) is 0 Å². The molecule has 1 fully saturated rings. The van der Waals surface area contributed by atoms with Gasteiger partial charge in [-0.3, -0.25) is 0 Å². The van der Waals surface area contributed by atoms with E-state index in [1.54, 1.807) is 21.3 Å². The van der Waals surface area contributed by atoms with Gasteiger partial charge in [0.25, 0.3) is 0 Å². The summed E-state index contributed by atoms with van der Waals surface area (Å²) in [6.07, 6.45) is 2.26. The molecule has 0 aliphatic carbocycles. The molecule has 1 heterocycles. The van der Waals surface area contributed by atoms with Gasteiger partial charge in [-0.15, -0.1) is 0 Å². The van der Waals surface area contributed by atoms with Crippen LogP contribution in [0.25, 0.3) is 0 Å². The Morgan fingerprint density at radius 3 is 2.32 bits per heavy atom. The maximum Gasteiger partial charge on any atom is 0.161 e. The van der Waals surface area contributed by atoms with Crippen molar-refractivity contribution in [3.05, 3.63) is 53.6 Å². The molecule has 0 amide bonds. The molecule has 3 atom stereocenters. The molecule has 0 aromatic heterocycles. The Hall–Kier alpha value is -2.24. The number of nitrogens with zero attached hydrogens (tertiary/aromatic N) is 1. The predicted molar refractivity (Wildman–Crippen MR) is 126 cm³/mol. The largest absolute Gasteiger partial charge is 0.497 e. The van der Waals surface area contributed by atoms with E-state index >= 15 is 0 Å². The lowest BCUT2D eigenvalue weighted by Crippen LogP contribution is -2.52. The first-order chi connectivity index (χ1) is 14.9. The van der Waals surface area contributed by atoms with Gasteiger partial charge in [0.05, 0.1) is 21.3 Å². The summed E-state index contributed by atoms with van der Waals surface area (Å²) in [6, 6.07) is 15.4. The number of benzene rings is 2. The molecular weight excluding hydrogens is 388 g/mol. The first kappa shape index (κ1) is 23.4. The van der Waals surface area contributed by atoms with Gasteiger partial charge in [0.1, 0.15) is 5.75 Å². The van der Waals surface area contributed by atoms with Crippen molar-refractivity contribution in [1.82, 2.24) is 10.2 Å². The Kier molecular flexibility index (Phi) is 7.84. The third kappa shape index (κ3) is 5.16. The second kappa shape index (κ2) is 10.4. The summed E-state index contributed by atoms with van der Waals surface area (Å²) < 4.78 is 16.2. The van der Waals surface area contributed by atoms with Crippen molar-refractivity contribution in [3.63, 3.8) is 0 Å². The van der Waals surface area contributed by atoms with Gasteiger partial charge in [-0.1, -0.05) is 25.1 Å². The van der Waals surface area contributed by atoms with E-state index in [-0.39, 0.29) is 5.41 Å². The van der Waals surface area contributed by atoms with Gasteiger partial charge in [0.2, 0.25) is 0 Å². The summed E-state index contributed by atoms with van der Waals surface area (Å²) in [5, 5.41) is 3.67. The van der Waals surface area contributed by atoms with Crippen molar-refractivity contribution in [3.8, 4) is 17.2 Å². The molecule has 0 bridgehead atoms. The van der Waals surface area contributed by atoms with Crippen LogP contribution in [0.1, 0.15) is 37.8 Å². The number of hydrogen-bond donors (Lipinski definition) is 1. The highest BCUT2D eigenvalue weighted by Gasteiger charge is 2.43. The summed E-state index contributed by atoms with van der Waals surface area (Å²) >= 11 is 0. The minimum atomic E-state index is 0.156. The third-order valence-corrected chi connectivity index (χ3v) is 7.11. The second-order valence-corrected chi connectivity index (χ2v) is 8.89. The van der Waals surface area contributed by atoms with Crippen LogP contribution >= 0.6 is 0 Å². The second-order valence-electron chi connectivity index (χ2n) is 8.89. The Bertz CT molecular complexity index is 839. The molecule has 31 heavy (non-hydrogen) atoms. The van der Waals surface area contributed by atoms with Gasteiger partial charge >= 0.3 is 0 Å². The fourth-order valence-electron chi connectivity index (χ4n) is 5.02. The van der Waals surface area contributed by atoms with Crippen LogP contribution in [0.3, 0.4) is 0 Å². The number of nitrogens with one attached hydrogen (secondary N) is 1. The van der Waals surface area contributed by atoms with E-state index < -0.39 is 0 Å². The average molecular weight is 427 g/mol. The van der Waals surface area contributed by atoms with E-state index in [0.29, 0.717) is 12.0 Å². The number of likely N-dealkylation sites (tertiary alicyclic amines) is 1. The Morgan fingerprint density at radius 1 is 0.968 bits per heavy atom. The summed E-state index contributed by atoms with van der Waals surface area (Å²) in [5.74, 6) is 3.03. The fraction of sp³-hybridized carbons (Fsp3) is 0.538. The molecule has 5 heteroatoms. The van der Waals surface area contributed by atoms with E-state index in [4.69, 9.17) is 14.2 Å². The van der Waals surface area contributed by atoms with Gasteiger partial charge < -0.3 is 24.4 Å². The molecular formula is C26H38N2O3. The molecule has 1 aliphatic rings. The number of hydrogen-bond acceptors (Lipinski definition) is 5. The highest BCUT2D eigenvalue weighted by molar-refractivity contribution is 5.42. The Labute approximate surface area is 187 Å². The van der Waals surface area contributed by atoms with Crippen molar-refractivity contribution >= 4 is 0 Å². The van der Waals surface area contributed by atoms with Gasteiger partial charge in [0, 0.05) is 24.5 Å². The normalized spacial score (nSPS) is 24.1. The molecule has 0 spiro atoms. The molecule has 1 saturated heterocycles. The number of piperidine rings is 1. The highest BCUT2D eigenvalue weighted by atomic mass is 16.5. The third-order valence-electron chi connectivity index (χ3n) is 7.11. The van der Waals surface area contributed by atoms with Crippen molar-refractivity contribution in [2.75, 3.05) is 41.5 Å². The van der Waals surface area contributed by atoms with E-state index in [2.05, 4.69) is 61.4 Å². The van der Waals surface area contributed by atoms with Crippen LogP contribution in [0.15, 0.2) is 42.5 Å². The van der Waals surface area contributed by atoms with Crippen molar-refractivity contribution in [1.29, 1.82) is 0 Å². The Balaban J connectivity index is 1.72. The van der Waals surface area contributed by atoms with Crippen LogP contribution in [0.5, 0.6) is 17.2 Å². The lowest BCUT2D eigenvalue weighted by Gasteiger charge is -2.50. The van der Waals surface area contributed by atoms with Gasteiger partial charge in [-0.05, 0) is 74.7 Å². The molecule has 170 valence electrons. The summed E-state index contributed by atoms with van der Waals surface area (Å²) in [7, 11) is 7.31. The summed E-state index contributed by atoms with van der Waals surface area (Å²) in [4.78, 5) is 2.49. The maximum atomic E-state index is 5.44. The van der Waals surface area contributed by atoms with Crippen LogP contribution in [-0.4, -0.2) is 52.4 Å². The fourth-order valence-corrected chi connectivity index (χ4v) is 5.02. The SMILES string of the molecule is COc1ccc([C@]2(CCNCc3ccc(OC)c(OC)c3)C[C@H](C)N(C)C[C@@H]2C)cc1. The smallest absolute Gasteiger partial charge is 0.161 e. The lowest BCUT2D eigenvalue weighted by molar-refractivity contribution is 0.0688. The zero-order valence-corrected chi connectivity index (χ0v) is 19.9.